The van der Waals surface area contributed by atoms with E-state index in [0.29, 0.717) is 12.1 Å². The van der Waals surface area contributed by atoms with Gasteiger partial charge in [-0.15, -0.1) is 0 Å². The second kappa shape index (κ2) is 5.14. The number of hydrogen-bond donors (Lipinski definition) is 1. The Bertz CT molecular complexity index is 253. The molecule has 0 saturated carbocycles. The van der Waals surface area contributed by atoms with Gasteiger partial charge in [0.25, 0.3) is 0 Å². The van der Waals surface area contributed by atoms with Gasteiger partial charge in [0.15, 0.2) is 0 Å². The molecule has 2 aliphatic heterocycles. The third kappa shape index (κ3) is 3.53. The van der Waals surface area contributed by atoms with Crippen molar-refractivity contribution < 1.29 is 9.59 Å². The van der Waals surface area contributed by atoms with Gasteiger partial charge in [-0.25, -0.2) is 0 Å². The van der Waals surface area contributed by atoms with E-state index in [9.17, 15) is 9.59 Å². The quantitative estimate of drug-likeness (QED) is 0.649. The van der Waals surface area contributed by atoms with Gasteiger partial charge in [0.1, 0.15) is 0 Å². The van der Waals surface area contributed by atoms with Crippen LogP contribution in [0.25, 0.3) is 0 Å². The standard InChI is InChI=1S/C6H11NO.C5H9NO/c1-5-3-4-6(8)7(5)2;1-4-2-3-5(7)6-4/h5H,3-4H2,1-2H3;4H,2-3H2,1H3,(H,6,7). The van der Waals surface area contributed by atoms with Crippen LogP contribution >= 0.6 is 0 Å². The van der Waals surface area contributed by atoms with E-state index in [2.05, 4.69) is 12.2 Å². The van der Waals surface area contributed by atoms with Crippen molar-refractivity contribution in [2.24, 2.45) is 0 Å². The molecule has 2 heterocycles. The molecular weight excluding hydrogens is 192 g/mol. The summed E-state index contributed by atoms with van der Waals surface area (Å²) in [6.07, 6.45) is 3.52. The fourth-order valence-electron chi connectivity index (χ4n) is 1.71. The average molecular weight is 212 g/mol. The maximum absolute atomic E-state index is 10.7. The van der Waals surface area contributed by atoms with Gasteiger partial charge in [0.05, 0.1) is 0 Å². The van der Waals surface area contributed by atoms with Gasteiger partial charge in [-0.2, -0.15) is 0 Å². The number of nitrogens with zero attached hydrogens (tertiary/aromatic N) is 1. The molecule has 1 N–H and O–H groups in total. The lowest BCUT2D eigenvalue weighted by Gasteiger charge is -2.13. The maximum Gasteiger partial charge on any atom is 0.222 e. The number of rotatable bonds is 0. The smallest absolute Gasteiger partial charge is 0.222 e. The van der Waals surface area contributed by atoms with Crippen molar-refractivity contribution in [2.75, 3.05) is 7.05 Å². The third-order valence-electron chi connectivity index (χ3n) is 3.04. The van der Waals surface area contributed by atoms with E-state index in [1.807, 2.05) is 14.0 Å². The largest absolute Gasteiger partial charge is 0.354 e. The highest BCUT2D eigenvalue weighted by molar-refractivity contribution is 5.78. The molecule has 2 unspecified atom stereocenters. The van der Waals surface area contributed by atoms with Crippen molar-refractivity contribution in [3.63, 3.8) is 0 Å². The number of likely N-dealkylation sites (tertiary alicyclic amines) is 1. The molecule has 4 heteroatoms. The molecule has 0 aromatic carbocycles. The minimum atomic E-state index is 0.201. The third-order valence-corrected chi connectivity index (χ3v) is 3.04. The number of nitrogens with one attached hydrogen (secondary N) is 1. The molecule has 0 bridgehead atoms. The Kier molecular flexibility index (Phi) is 4.12. The highest BCUT2D eigenvalue weighted by Crippen LogP contribution is 2.14. The molecule has 0 aliphatic carbocycles. The van der Waals surface area contributed by atoms with Crippen LogP contribution in [0.3, 0.4) is 0 Å². The Morgan fingerprint density at radius 1 is 1.20 bits per heavy atom. The van der Waals surface area contributed by atoms with Crippen LogP contribution in [0.15, 0.2) is 0 Å². The van der Waals surface area contributed by atoms with Crippen molar-refractivity contribution in [1.82, 2.24) is 10.2 Å². The SMILES string of the molecule is CC1CCC(=O)N1.CC1CCC(=O)N1C. The molecule has 0 aromatic heterocycles. The van der Waals surface area contributed by atoms with Crippen molar-refractivity contribution in [1.29, 1.82) is 0 Å². The van der Waals surface area contributed by atoms with E-state index in [1.165, 1.54) is 0 Å². The molecule has 2 rings (SSSR count). The summed E-state index contributed by atoms with van der Waals surface area (Å²) in [7, 11) is 1.86. The van der Waals surface area contributed by atoms with Crippen LogP contribution in [0.5, 0.6) is 0 Å². The van der Waals surface area contributed by atoms with Crippen LogP contribution in [-0.4, -0.2) is 35.8 Å². The summed E-state index contributed by atoms with van der Waals surface area (Å²) in [5.41, 5.74) is 0. The van der Waals surface area contributed by atoms with E-state index < -0.39 is 0 Å². The highest BCUT2D eigenvalue weighted by atomic mass is 16.2. The lowest BCUT2D eigenvalue weighted by Crippen LogP contribution is -2.25. The van der Waals surface area contributed by atoms with E-state index in [4.69, 9.17) is 0 Å². The van der Waals surface area contributed by atoms with E-state index in [1.54, 1.807) is 4.90 Å². The summed E-state index contributed by atoms with van der Waals surface area (Å²) >= 11 is 0. The van der Waals surface area contributed by atoms with E-state index in [0.717, 1.165) is 25.7 Å². The summed E-state index contributed by atoms with van der Waals surface area (Å²) in [6.45, 7) is 4.09. The van der Waals surface area contributed by atoms with E-state index in [-0.39, 0.29) is 11.8 Å². The number of carbonyl (C=O) groups is 2. The Hall–Kier alpha value is -1.06. The topological polar surface area (TPSA) is 49.4 Å². The summed E-state index contributed by atoms with van der Waals surface area (Å²) < 4.78 is 0. The summed E-state index contributed by atoms with van der Waals surface area (Å²) in [4.78, 5) is 22.9. The fourth-order valence-corrected chi connectivity index (χ4v) is 1.71. The zero-order valence-corrected chi connectivity index (χ0v) is 9.75. The number of carbonyl (C=O) groups excluding carboxylic acids is 2. The lowest BCUT2D eigenvalue weighted by molar-refractivity contribution is -0.127. The summed E-state index contributed by atoms with van der Waals surface area (Å²) in [6, 6.07) is 0.898. The molecule has 0 radical (unpaired) electrons. The first-order valence-electron chi connectivity index (χ1n) is 5.55. The molecule has 2 atom stereocenters. The number of amides is 2. The predicted molar refractivity (Wildman–Crippen MR) is 58.3 cm³/mol. The fraction of sp³-hybridized carbons (Fsp3) is 0.818. The summed E-state index contributed by atoms with van der Waals surface area (Å²) in [5.74, 6) is 0.491. The minimum Gasteiger partial charge on any atom is -0.354 e. The first-order valence-corrected chi connectivity index (χ1v) is 5.55. The summed E-state index contributed by atoms with van der Waals surface area (Å²) in [5, 5.41) is 2.78. The Morgan fingerprint density at radius 3 is 2.00 bits per heavy atom. The van der Waals surface area contributed by atoms with Crippen LogP contribution in [0.1, 0.15) is 39.5 Å². The van der Waals surface area contributed by atoms with Gasteiger partial charge in [-0.3, -0.25) is 9.59 Å². The van der Waals surface area contributed by atoms with Gasteiger partial charge in [-0.1, -0.05) is 0 Å². The zero-order chi connectivity index (χ0) is 11.4. The van der Waals surface area contributed by atoms with Gasteiger partial charge in [0.2, 0.25) is 11.8 Å². The van der Waals surface area contributed by atoms with Crippen LogP contribution in [0, 0.1) is 0 Å². The minimum absolute atomic E-state index is 0.201. The first kappa shape index (κ1) is 12.0. The van der Waals surface area contributed by atoms with Crippen molar-refractivity contribution in [3.8, 4) is 0 Å². The monoisotopic (exact) mass is 212 g/mol. The van der Waals surface area contributed by atoms with Crippen LogP contribution < -0.4 is 5.32 Å². The Labute approximate surface area is 91.0 Å². The zero-order valence-electron chi connectivity index (χ0n) is 9.75. The molecular formula is C11H20N2O2. The van der Waals surface area contributed by atoms with Gasteiger partial charge in [-0.05, 0) is 26.7 Å². The second-order valence-electron chi connectivity index (χ2n) is 4.40. The molecule has 2 saturated heterocycles. The van der Waals surface area contributed by atoms with Crippen LogP contribution in [0.2, 0.25) is 0 Å². The van der Waals surface area contributed by atoms with Crippen LogP contribution in [-0.2, 0) is 9.59 Å². The predicted octanol–water partition coefficient (Wildman–Crippen LogP) is 0.912. The highest BCUT2D eigenvalue weighted by Gasteiger charge is 2.22. The first-order chi connectivity index (χ1) is 7.00. The second-order valence-corrected chi connectivity index (χ2v) is 4.40. The lowest BCUT2D eigenvalue weighted by atomic mass is 10.2. The van der Waals surface area contributed by atoms with Gasteiger partial charge >= 0.3 is 0 Å². The molecule has 2 aliphatic rings. The molecule has 0 spiro atoms. The Morgan fingerprint density at radius 2 is 1.87 bits per heavy atom. The van der Waals surface area contributed by atoms with E-state index >= 15 is 0 Å². The molecule has 0 aromatic rings. The van der Waals surface area contributed by atoms with Crippen molar-refractivity contribution in [2.45, 2.75) is 51.6 Å². The average Bonchev–Trinajstić information content (AvgIpc) is 2.68. The molecule has 86 valence electrons. The molecule has 4 nitrogen and oxygen atoms in total. The Balaban J connectivity index is 0.000000151. The van der Waals surface area contributed by atoms with Gasteiger partial charge < -0.3 is 10.2 Å². The molecule has 15 heavy (non-hydrogen) atoms. The van der Waals surface area contributed by atoms with Crippen LogP contribution in [0.4, 0.5) is 0 Å². The van der Waals surface area contributed by atoms with Crippen molar-refractivity contribution in [3.05, 3.63) is 0 Å². The maximum atomic E-state index is 10.7. The van der Waals surface area contributed by atoms with Crippen molar-refractivity contribution >= 4 is 11.8 Å². The van der Waals surface area contributed by atoms with Gasteiger partial charge in [0, 0.05) is 32.0 Å². The number of hydrogen-bond acceptors (Lipinski definition) is 2. The molecule has 2 amide bonds. The normalized spacial score (nSPS) is 29.9. The molecule has 2 fully saturated rings.